The maximum atomic E-state index is 14.0. The Balaban J connectivity index is 1.43. The number of carbonyl (C=O) groups is 2. The maximum Gasteiger partial charge on any atom is 0.244 e. The highest BCUT2D eigenvalue weighted by atomic mass is 35.5. The number of nitrogens with zero attached hydrogens (tertiary/aromatic N) is 3. The number of hydrogen-bond donors (Lipinski definition) is 1. The lowest BCUT2D eigenvalue weighted by molar-refractivity contribution is -0.140. The van der Waals surface area contributed by atoms with Gasteiger partial charge in [0, 0.05) is 25.9 Å². The SMILES string of the molecule is COCCOc1ccc(S(=O)(=O)C2CC(C(=O)NC3(C#N)CC3)N(C(=O)C3(c4ccc(Cl)nc4)CC3)C2)c(Cl)c1. The minimum atomic E-state index is -4.05. The number of amides is 2. The van der Waals surface area contributed by atoms with Gasteiger partial charge in [-0.05, 0) is 55.9 Å². The van der Waals surface area contributed by atoms with Gasteiger partial charge in [-0.3, -0.25) is 9.59 Å². The molecule has 2 atom stereocenters. The van der Waals surface area contributed by atoms with Gasteiger partial charge < -0.3 is 19.7 Å². The van der Waals surface area contributed by atoms with Crippen LogP contribution in [-0.2, 0) is 29.6 Å². The lowest BCUT2D eigenvalue weighted by Gasteiger charge is -2.29. The molecule has 2 saturated carbocycles. The van der Waals surface area contributed by atoms with E-state index >= 15 is 0 Å². The van der Waals surface area contributed by atoms with E-state index in [-0.39, 0.29) is 40.6 Å². The first-order chi connectivity index (χ1) is 19.0. The summed E-state index contributed by atoms with van der Waals surface area (Å²) in [7, 11) is -2.51. The van der Waals surface area contributed by atoms with Crippen molar-refractivity contribution in [2.45, 2.75) is 59.2 Å². The van der Waals surface area contributed by atoms with E-state index in [0.717, 1.165) is 0 Å². The van der Waals surface area contributed by atoms with E-state index < -0.39 is 38.0 Å². The Bertz CT molecular complexity index is 1470. The van der Waals surface area contributed by atoms with Crippen LogP contribution in [0.5, 0.6) is 5.75 Å². The number of hydrogen-bond acceptors (Lipinski definition) is 8. The van der Waals surface area contributed by atoms with E-state index in [1.54, 1.807) is 12.1 Å². The minimum Gasteiger partial charge on any atom is -0.491 e. The molecule has 0 bridgehead atoms. The molecular formula is C27H28Cl2N4O6S. The fourth-order valence-electron chi connectivity index (χ4n) is 5.11. The number of benzene rings is 1. The topological polar surface area (TPSA) is 139 Å². The molecule has 2 heterocycles. The van der Waals surface area contributed by atoms with Crippen molar-refractivity contribution in [1.82, 2.24) is 15.2 Å². The zero-order valence-electron chi connectivity index (χ0n) is 21.7. The molecule has 212 valence electrons. The molecule has 2 aromatic rings. The average molecular weight is 608 g/mol. The smallest absolute Gasteiger partial charge is 0.244 e. The average Bonchev–Trinajstić information content (AvgIpc) is 3.85. The van der Waals surface area contributed by atoms with Crippen molar-refractivity contribution in [2.75, 3.05) is 26.9 Å². The molecule has 1 saturated heterocycles. The zero-order chi connectivity index (χ0) is 28.7. The van der Waals surface area contributed by atoms with Crippen molar-refractivity contribution >= 4 is 44.9 Å². The van der Waals surface area contributed by atoms with Gasteiger partial charge >= 0.3 is 0 Å². The van der Waals surface area contributed by atoms with Crippen LogP contribution in [-0.4, -0.2) is 73.8 Å². The standard InChI is InChI=1S/C27H28Cl2N4O6S/c1-38-10-11-39-18-3-4-22(20(28)12-18)40(36,37)19-13-21(24(34)32-26(16-30)6-7-26)33(15-19)25(35)27(8-9-27)17-2-5-23(29)31-14-17/h2-5,12,14,19,21H,6-11,13,15H2,1H3,(H,32,34). The molecule has 3 aliphatic rings. The lowest BCUT2D eigenvalue weighted by Crippen LogP contribution is -2.51. The number of rotatable bonds is 10. The fourth-order valence-corrected chi connectivity index (χ4v) is 7.46. The Morgan fingerprint density at radius 2 is 1.93 bits per heavy atom. The minimum absolute atomic E-state index is 0.0204. The number of ether oxygens (including phenoxy) is 2. The summed E-state index contributed by atoms with van der Waals surface area (Å²) in [6.07, 6.45) is 3.50. The van der Waals surface area contributed by atoms with Gasteiger partial charge in [0.1, 0.15) is 29.1 Å². The van der Waals surface area contributed by atoms with E-state index in [2.05, 4.69) is 16.4 Å². The molecule has 1 aromatic heterocycles. The number of carbonyl (C=O) groups excluding carboxylic acids is 2. The molecule has 10 nitrogen and oxygen atoms in total. The summed E-state index contributed by atoms with van der Waals surface area (Å²) >= 11 is 12.3. The number of halogens is 2. The maximum absolute atomic E-state index is 14.0. The number of nitrogens with one attached hydrogen (secondary N) is 1. The van der Waals surface area contributed by atoms with Crippen molar-refractivity contribution in [1.29, 1.82) is 5.26 Å². The summed E-state index contributed by atoms with van der Waals surface area (Å²) in [5.74, 6) is -0.493. The largest absolute Gasteiger partial charge is 0.491 e. The first kappa shape index (κ1) is 28.6. The number of nitriles is 1. The molecule has 13 heteroatoms. The fraction of sp³-hybridized carbons (Fsp3) is 0.481. The third-order valence-corrected chi connectivity index (χ3v) is 10.6. The third-order valence-electron chi connectivity index (χ3n) is 7.80. The van der Waals surface area contributed by atoms with Gasteiger partial charge in [-0.2, -0.15) is 5.26 Å². The molecule has 2 aliphatic carbocycles. The second-order valence-electron chi connectivity index (χ2n) is 10.4. The van der Waals surface area contributed by atoms with Crippen LogP contribution in [0.3, 0.4) is 0 Å². The van der Waals surface area contributed by atoms with Crippen LogP contribution in [0.25, 0.3) is 0 Å². The van der Waals surface area contributed by atoms with Gasteiger partial charge in [-0.1, -0.05) is 29.3 Å². The van der Waals surface area contributed by atoms with E-state index in [0.29, 0.717) is 43.6 Å². The van der Waals surface area contributed by atoms with Crippen molar-refractivity contribution in [3.63, 3.8) is 0 Å². The molecule has 1 aromatic carbocycles. The van der Waals surface area contributed by atoms with Crippen LogP contribution in [0.2, 0.25) is 10.2 Å². The summed E-state index contributed by atoms with van der Waals surface area (Å²) < 4.78 is 38.1. The Labute approximate surface area is 242 Å². The number of methoxy groups -OCH3 is 1. The second kappa shape index (κ2) is 10.8. The van der Waals surface area contributed by atoms with Gasteiger partial charge in [0.15, 0.2) is 9.84 Å². The van der Waals surface area contributed by atoms with E-state index in [4.69, 9.17) is 32.7 Å². The third kappa shape index (κ3) is 5.38. The Hall–Kier alpha value is -2.91. The van der Waals surface area contributed by atoms with Gasteiger partial charge in [-0.25, -0.2) is 13.4 Å². The molecule has 1 N–H and O–H groups in total. The predicted octanol–water partition coefficient (Wildman–Crippen LogP) is 3.06. The summed E-state index contributed by atoms with van der Waals surface area (Å²) in [5, 5.41) is 11.4. The molecule has 40 heavy (non-hydrogen) atoms. The Morgan fingerprint density at radius 1 is 1.18 bits per heavy atom. The first-order valence-electron chi connectivity index (χ1n) is 12.9. The monoisotopic (exact) mass is 606 g/mol. The van der Waals surface area contributed by atoms with E-state index in [1.807, 2.05) is 0 Å². The highest BCUT2D eigenvalue weighted by molar-refractivity contribution is 7.92. The molecule has 0 radical (unpaired) electrons. The summed E-state index contributed by atoms with van der Waals surface area (Å²) in [5.41, 5.74) is -1.21. The number of likely N-dealkylation sites (tertiary alicyclic amines) is 1. The first-order valence-corrected chi connectivity index (χ1v) is 15.2. The van der Waals surface area contributed by atoms with Crippen LogP contribution in [0.1, 0.15) is 37.7 Å². The summed E-state index contributed by atoms with van der Waals surface area (Å²) in [4.78, 5) is 32.8. The van der Waals surface area contributed by atoms with E-state index in [1.165, 1.54) is 36.4 Å². The molecule has 2 amide bonds. The zero-order valence-corrected chi connectivity index (χ0v) is 24.1. The Morgan fingerprint density at radius 3 is 2.50 bits per heavy atom. The molecule has 1 aliphatic heterocycles. The Kier molecular flexibility index (Phi) is 7.74. The normalized spacial score (nSPS) is 22.3. The van der Waals surface area contributed by atoms with Crippen molar-refractivity contribution < 1.29 is 27.5 Å². The number of pyridine rings is 1. The van der Waals surface area contributed by atoms with E-state index in [9.17, 15) is 23.3 Å². The van der Waals surface area contributed by atoms with Crippen LogP contribution in [0.4, 0.5) is 0 Å². The molecule has 2 unspecified atom stereocenters. The van der Waals surface area contributed by atoms with Crippen LogP contribution < -0.4 is 10.1 Å². The van der Waals surface area contributed by atoms with Crippen LogP contribution in [0, 0.1) is 11.3 Å². The van der Waals surface area contributed by atoms with Crippen LogP contribution in [0.15, 0.2) is 41.4 Å². The van der Waals surface area contributed by atoms with Crippen molar-refractivity contribution in [2.24, 2.45) is 0 Å². The van der Waals surface area contributed by atoms with Gasteiger partial charge in [0.25, 0.3) is 0 Å². The van der Waals surface area contributed by atoms with Gasteiger partial charge in [0.05, 0.1) is 33.3 Å². The highest BCUT2D eigenvalue weighted by Gasteiger charge is 2.58. The lowest BCUT2D eigenvalue weighted by atomic mass is 9.95. The molecule has 5 rings (SSSR count). The summed E-state index contributed by atoms with van der Waals surface area (Å²) in [6.45, 7) is 0.433. The van der Waals surface area contributed by atoms with Crippen LogP contribution >= 0.6 is 23.2 Å². The summed E-state index contributed by atoms with van der Waals surface area (Å²) in [6, 6.07) is 8.67. The molecule has 3 fully saturated rings. The molecular weight excluding hydrogens is 579 g/mol. The highest BCUT2D eigenvalue weighted by Crippen LogP contribution is 2.51. The predicted molar refractivity (Wildman–Crippen MR) is 146 cm³/mol. The number of sulfone groups is 1. The van der Waals surface area contributed by atoms with Gasteiger partial charge in [0.2, 0.25) is 11.8 Å². The quantitative estimate of drug-likeness (QED) is 0.321. The van der Waals surface area contributed by atoms with Gasteiger partial charge in [-0.15, -0.1) is 0 Å². The molecule has 0 spiro atoms. The van der Waals surface area contributed by atoms with Crippen molar-refractivity contribution in [3.8, 4) is 11.8 Å². The second-order valence-corrected chi connectivity index (χ2v) is 13.4. The van der Waals surface area contributed by atoms with Crippen molar-refractivity contribution in [3.05, 3.63) is 52.3 Å². The number of aromatic nitrogens is 1.